The first-order chi connectivity index (χ1) is 7.82. The second kappa shape index (κ2) is 5.16. The summed E-state index contributed by atoms with van der Waals surface area (Å²) in [5.41, 5.74) is 5.59. The predicted octanol–water partition coefficient (Wildman–Crippen LogP) is 1.06. The smallest absolute Gasteiger partial charge is 0.244 e. The minimum atomic E-state index is -0.281. The van der Waals surface area contributed by atoms with Crippen LogP contribution in [0, 0.1) is 11.8 Å². The maximum absolute atomic E-state index is 12.0. The van der Waals surface area contributed by atoms with Crippen molar-refractivity contribution in [2.45, 2.75) is 33.7 Å². The zero-order valence-electron chi connectivity index (χ0n) is 11.1. The topological polar surface area (TPSA) is 85.8 Å². The van der Waals surface area contributed by atoms with Gasteiger partial charge in [0.1, 0.15) is 0 Å². The molecule has 17 heavy (non-hydrogen) atoms. The van der Waals surface area contributed by atoms with Crippen LogP contribution in [0.5, 0.6) is 0 Å². The Hall–Kier alpha value is -1.59. The Morgan fingerprint density at radius 3 is 2.29 bits per heavy atom. The molecule has 96 valence electrons. The van der Waals surface area contributed by atoms with Gasteiger partial charge in [-0.25, -0.2) is 4.68 Å². The lowest BCUT2D eigenvalue weighted by Crippen LogP contribution is -2.37. The molecule has 0 bridgehead atoms. The molecule has 1 aromatic heterocycles. The first-order valence-corrected chi connectivity index (χ1v) is 5.79. The van der Waals surface area contributed by atoms with E-state index in [0.717, 1.165) is 0 Å². The number of carbonyl (C=O) groups excluding carboxylic acids is 1. The number of Topliss-reactive ketones (excluding diaryl/α,β-unsaturated/α-hetero) is 1. The van der Waals surface area contributed by atoms with E-state index in [4.69, 9.17) is 5.73 Å². The lowest BCUT2D eigenvalue weighted by Gasteiger charge is -2.21. The number of ketones is 1. The maximum atomic E-state index is 12.0. The van der Waals surface area contributed by atoms with Gasteiger partial charge in [0.15, 0.2) is 5.78 Å². The number of rotatable bonds is 5. The van der Waals surface area contributed by atoms with Crippen LogP contribution < -0.4 is 11.1 Å². The lowest BCUT2D eigenvalue weighted by molar-refractivity contribution is -0.123. The number of nitrogens with zero attached hydrogens (tertiary/aromatic N) is 3. The molecular formula is C11H21N5O. The Bertz CT molecular complexity index is 377. The third-order valence-corrected chi connectivity index (χ3v) is 2.62. The van der Waals surface area contributed by atoms with Gasteiger partial charge < -0.3 is 11.1 Å². The Morgan fingerprint density at radius 1 is 1.35 bits per heavy atom. The van der Waals surface area contributed by atoms with Gasteiger partial charge in [-0.2, -0.15) is 4.98 Å². The summed E-state index contributed by atoms with van der Waals surface area (Å²) >= 11 is 0. The van der Waals surface area contributed by atoms with Crippen molar-refractivity contribution in [3.05, 3.63) is 0 Å². The van der Waals surface area contributed by atoms with Crippen molar-refractivity contribution in [3.8, 4) is 0 Å². The number of hydrogen-bond donors (Lipinski definition) is 2. The van der Waals surface area contributed by atoms with Gasteiger partial charge in [0, 0.05) is 13.0 Å². The number of aryl methyl sites for hydroxylation is 1. The number of nitrogens with two attached hydrogens (primary N) is 1. The average molecular weight is 239 g/mol. The third kappa shape index (κ3) is 3.18. The molecule has 3 N–H and O–H groups in total. The van der Waals surface area contributed by atoms with E-state index in [1.165, 1.54) is 4.68 Å². The van der Waals surface area contributed by atoms with Crippen molar-refractivity contribution in [2.24, 2.45) is 18.9 Å². The van der Waals surface area contributed by atoms with E-state index in [1.54, 1.807) is 7.05 Å². The summed E-state index contributed by atoms with van der Waals surface area (Å²) < 4.78 is 1.47. The highest BCUT2D eigenvalue weighted by molar-refractivity contribution is 5.88. The van der Waals surface area contributed by atoms with Crippen LogP contribution in [0.1, 0.15) is 27.7 Å². The van der Waals surface area contributed by atoms with Crippen molar-refractivity contribution in [1.82, 2.24) is 14.8 Å². The van der Waals surface area contributed by atoms with Crippen molar-refractivity contribution >= 4 is 17.7 Å². The second-order valence-electron chi connectivity index (χ2n) is 4.84. The molecule has 0 unspecified atom stereocenters. The van der Waals surface area contributed by atoms with Crippen LogP contribution in [-0.4, -0.2) is 26.6 Å². The molecule has 0 amide bonds. The summed E-state index contributed by atoms with van der Waals surface area (Å²) in [7, 11) is 1.71. The van der Waals surface area contributed by atoms with E-state index in [1.807, 2.05) is 27.7 Å². The van der Waals surface area contributed by atoms with Gasteiger partial charge >= 0.3 is 0 Å². The first-order valence-electron chi connectivity index (χ1n) is 5.79. The van der Waals surface area contributed by atoms with E-state index in [0.29, 0.717) is 11.9 Å². The van der Waals surface area contributed by atoms with Crippen LogP contribution in [0.25, 0.3) is 0 Å². The second-order valence-corrected chi connectivity index (χ2v) is 4.84. The van der Waals surface area contributed by atoms with E-state index in [-0.39, 0.29) is 23.7 Å². The zero-order chi connectivity index (χ0) is 13.2. The van der Waals surface area contributed by atoms with Gasteiger partial charge in [-0.1, -0.05) is 27.7 Å². The van der Waals surface area contributed by atoms with Crippen LogP contribution in [-0.2, 0) is 11.8 Å². The summed E-state index contributed by atoms with van der Waals surface area (Å²) in [5.74, 6) is 1.04. The van der Waals surface area contributed by atoms with Gasteiger partial charge in [0.2, 0.25) is 11.9 Å². The Kier molecular flexibility index (Phi) is 4.09. The molecular weight excluding hydrogens is 218 g/mol. The summed E-state index contributed by atoms with van der Waals surface area (Å²) in [6, 6.07) is -0.281. The zero-order valence-corrected chi connectivity index (χ0v) is 11.1. The van der Waals surface area contributed by atoms with E-state index >= 15 is 0 Å². The van der Waals surface area contributed by atoms with Gasteiger partial charge in [-0.15, -0.1) is 5.10 Å². The van der Waals surface area contributed by atoms with Crippen LogP contribution >= 0.6 is 0 Å². The fourth-order valence-corrected chi connectivity index (χ4v) is 1.52. The highest BCUT2D eigenvalue weighted by Crippen LogP contribution is 2.14. The van der Waals surface area contributed by atoms with Crippen molar-refractivity contribution < 1.29 is 4.79 Å². The predicted molar refractivity (Wildman–Crippen MR) is 67.5 cm³/mol. The number of nitrogen functional groups attached to an aromatic ring is 1. The van der Waals surface area contributed by atoms with Crippen molar-refractivity contribution in [2.75, 3.05) is 11.1 Å². The highest BCUT2D eigenvalue weighted by atomic mass is 16.1. The minimum Gasteiger partial charge on any atom is -0.368 e. The first kappa shape index (κ1) is 13.5. The summed E-state index contributed by atoms with van der Waals surface area (Å²) in [4.78, 5) is 16.1. The van der Waals surface area contributed by atoms with Crippen molar-refractivity contribution in [3.63, 3.8) is 0 Å². The SMILES string of the molecule is CC(C)C(=O)[C@@H](Nc1nc(N)n(C)n1)C(C)C. The molecule has 1 rings (SSSR count). The molecule has 1 atom stereocenters. The van der Waals surface area contributed by atoms with E-state index < -0.39 is 0 Å². The molecule has 0 saturated heterocycles. The third-order valence-electron chi connectivity index (χ3n) is 2.62. The van der Waals surface area contributed by atoms with Crippen LogP contribution in [0.3, 0.4) is 0 Å². The average Bonchev–Trinajstić information content (AvgIpc) is 2.53. The molecule has 0 spiro atoms. The molecule has 0 saturated carbocycles. The minimum absolute atomic E-state index is 0.0176. The van der Waals surface area contributed by atoms with E-state index in [2.05, 4.69) is 15.4 Å². The molecule has 6 nitrogen and oxygen atoms in total. The molecule has 1 heterocycles. The van der Waals surface area contributed by atoms with Gasteiger partial charge in [-0.05, 0) is 5.92 Å². The molecule has 0 aliphatic heterocycles. The monoisotopic (exact) mass is 239 g/mol. The quantitative estimate of drug-likeness (QED) is 0.802. The summed E-state index contributed by atoms with van der Waals surface area (Å²) in [6.45, 7) is 7.76. The van der Waals surface area contributed by atoms with Crippen LogP contribution in [0.15, 0.2) is 0 Å². The van der Waals surface area contributed by atoms with Crippen molar-refractivity contribution in [1.29, 1.82) is 0 Å². The maximum Gasteiger partial charge on any atom is 0.244 e. The standard InChI is InChI=1S/C11H21N5O/c1-6(2)8(9(17)7(3)4)13-11-14-10(12)16(5)15-11/h6-8H,1-5H3,(H3,12,13,14,15)/t8-/m0/s1. The molecule has 0 fully saturated rings. The van der Waals surface area contributed by atoms with Crippen LogP contribution in [0.2, 0.25) is 0 Å². The number of aromatic nitrogens is 3. The molecule has 0 aliphatic carbocycles. The molecule has 0 aliphatic rings. The molecule has 1 aromatic rings. The Balaban J connectivity index is 2.84. The normalized spacial score (nSPS) is 13.1. The highest BCUT2D eigenvalue weighted by Gasteiger charge is 2.25. The number of nitrogens with one attached hydrogen (secondary N) is 1. The van der Waals surface area contributed by atoms with Gasteiger partial charge in [-0.3, -0.25) is 4.79 Å². The molecule has 0 aromatic carbocycles. The largest absolute Gasteiger partial charge is 0.368 e. The Labute approximate surface area is 102 Å². The fraction of sp³-hybridized carbons (Fsp3) is 0.727. The molecule has 0 radical (unpaired) electrons. The molecule has 6 heteroatoms. The Morgan fingerprint density at radius 2 is 1.94 bits per heavy atom. The van der Waals surface area contributed by atoms with Crippen LogP contribution in [0.4, 0.5) is 11.9 Å². The lowest BCUT2D eigenvalue weighted by atomic mass is 9.93. The number of hydrogen-bond acceptors (Lipinski definition) is 5. The van der Waals surface area contributed by atoms with E-state index in [9.17, 15) is 4.79 Å². The fourth-order valence-electron chi connectivity index (χ4n) is 1.52. The summed E-state index contributed by atoms with van der Waals surface area (Å²) in [5, 5.41) is 7.14. The number of anilines is 2. The van der Waals surface area contributed by atoms with Gasteiger partial charge in [0.25, 0.3) is 0 Å². The van der Waals surface area contributed by atoms with Gasteiger partial charge in [0.05, 0.1) is 6.04 Å². The number of carbonyl (C=O) groups is 1. The summed E-state index contributed by atoms with van der Waals surface area (Å²) in [6.07, 6.45) is 0.